The van der Waals surface area contributed by atoms with Crippen molar-refractivity contribution in [1.29, 1.82) is 0 Å². The van der Waals surface area contributed by atoms with Crippen molar-refractivity contribution in [2.45, 2.75) is 53.0 Å². The largest absolute Gasteiger partial charge is 0.335 e. The lowest BCUT2D eigenvalue weighted by molar-refractivity contribution is -0.139. The van der Waals surface area contributed by atoms with Crippen LogP contribution in [-0.4, -0.2) is 59.2 Å². The van der Waals surface area contributed by atoms with E-state index in [0.717, 1.165) is 27.3 Å². The molecule has 0 unspecified atom stereocenters. The fourth-order valence-corrected chi connectivity index (χ4v) is 3.66. The zero-order chi connectivity index (χ0) is 21.9. The normalized spacial score (nSPS) is 15.3. The maximum atomic E-state index is 12.6. The van der Waals surface area contributed by atoms with Crippen LogP contribution in [0.3, 0.4) is 0 Å². The average molecular weight is 402 g/mol. The van der Waals surface area contributed by atoms with Crippen LogP contribution in [0.25, 0.3) is 0 Å². The van der Waals surface area contributed by atoms with Gasteiger partial charge in [0.05, 0.1) is 6.54 Å². The van der Waals surface area contributed by atoms with E-state index in [1.807, 2.05) is 46.8 Å². The SMILES string of the molecule is CCC1(CC)NC(=O)N(CC(=O)N(C)CC(=O)Nc2c(C)cc(C)cc2C)C1=O. The molecule has 5 amide bonds. The maximum Gasteiger partial charge on any atom is 0.325 e. The number of carbonyl (C=O) groups is 4. The number of benzene rings is 1. The van der Waals surface area contributed by atoms with Gasteiger partial charge in [-0.25, -0.2) is 4.79 Å². The highest BCUT2D eigenvalue weighted by Crippen LogP contribution is 2.25. The number of amides is 5. The molecule has 0 spiro atoms. The molecule has 2 rings (SSSR count). The number of hydrogen-bond donors (Lipinski definition) is 2. The zero-order valence-electron chi connectivity index (χ0n) is 18.0. The van der Waals surface area contributed by atoms with Gasteiger partial charge >= 0.3 is 6.03 Å². The number of carbonyl (C=O) groups excluding carboxylic acids is 4. The molecule has 1 aromatic rings. The highest BCUT2D eigenvalue weighted by atomic mass is 16.2. The third kappa shape index (κ3) is 4.58. The molecule has 1 heterocycles. The number of rotatable bonds is 7. The van der Waals surface area contributed by atoms with Gasteiger partial charge in [-0.3, -0.25) is 19.3 Å². The number of urea groups is 1. The summed E-state index contributed by atoms with van der Waals surface area (Å²) < 4.78 is 0. The molecule has 8 heteroatoms. The van der Waals surface area contributed by atoms with Crippen molar-refractivity contribution in [1.82, 2.24) is 15.1 Å². The summed E-state index contributed by atoms with van der Waals surface area (Å²) in [4.78, 5) is 51.9. The topological polar surface area (TPSA) is 98.8 Å². The van der Waals surface area contributed by atoms with Gasteiger partial charge < -0.3 is 15.5 Å². The number of nitrogens with one attached hydrogen (secondary N) is 2. The molecule has 0 aliphatic carbocycles. The Kier molecular flexibility index (Phi) is 6.66. The van der Waals surface area contributed by atoms with Crippen molar-refractivity contribution in [2.24, 2.45) is 0 Å². The van der Waals surface area contributed by atoms with E-state index in [2.05, 4.69) is 10.6 Å². The van der Waals surface area contributed by atoms with Gasteiger partial charge in [0.15, 0.2) is 0 Å². The standard InChI is InChI=1S/C21H30N4O4/c1-7-21(8-2)19(28)25(20(29)23-21)12-17(27)24(6)11-16(26)22-18-14(4)9-13(3)10-15(18)5/h9-10H,7-8,11-12H2,1-6H3,(H,22,26)(H,23,29). The van der Waals surface area contributed by atoms with Gasteiger partial charge in [0.2, 0.25) is 11.8 Å². The summed E-state index contributed by atoms with van der Waals surface area (Å²) in [6, 6.07) is 3.38. The molecule has 0 aromatic heterocycles. The first kappa shape index (κ1) is 22.4. The Morgan fingerprint density at radius 2 is 1.66 bits per heavy atom. The van der Waals surface area contributed by atoms with Gasteiger partial charge in [-0.1, -0.05) is 31.5 Å². The molecule has 2 N–H and O–H groups in total. The second-order valence-corrected chi connectivity index (χ2v) is 7.68. The predicted molar refractivity (Wildman–Crippen MR) is 110 cm³/mol. The van der Waals surface area contributed by atoms with Crippen LogP contribution in [-0.2, 0) is 14.4 Å². The van der Waals surface area contributed by atoms with E-state index >= 15 is 0 Å². The molecule has 0 radical (unpaired) electrons. The highest BCUT2D eigenvalue weighted by molar-refractivity contribution is 6.09. The summed E-state index contributed by atoms with van der Waals surface area (Å²) in [6.07, 6.45) is 0.901. The minimum Gasteiger partial charge on any atom is -0.335 e. The van der Waals surface area contributed by atoms with E-state index in [4.69, 9.17) is 0 Å². The molecule has 1 saturated heterocycles. The van der Waals surface area contributed by atoms with E-state index in [1.54, 1.807) is 0 Å². The summed E-state index contributed by atoms with van der Waals surface area (Å²) in [6.45, 7) is 8.88. The molecule has 1 aliphatic rings. The lowest BCUT2D eigenvalue weighted by Crippen LogP contribution is -2.47. The third-order valence-corrected chi connectivity index (χ3v) is 5.49. The van der Waals surface area contributed by atoms with Gasteiger partial charge in [0.1, 0.15) is 12.1 Å². The van der Waals surface area contributed by atoms with Gasteiger partial charge in [0, 0.05) is 12.7 Å². The number of likely N-dealkylation sites (N-methyl/N-ethyl adjacent to an activating group) is 1. The quantitative estimate of drug-likeness (QED) is 0.683. The molecular weight excluding hydrogens is 372 g/mol. The molecule has 0 bridgehead atoms. The predicted octanol–water partition coefficient (Wildman–Crippen LogP) is 2.12. The van der Waals surface area contributed by atoms with E-state index in [1.165, 1.54) is 11.9 Å². The van der Waals surface area contributed by atoms with Crippen molar-refractivity contribution in [3.05, 3.63) is 28.8 Å². The second kappa shape index (κ2) is 8.63. The van der Waals surface area contributed by atoms with E-state index in [-0.39, 0.29) is 12.5 Å². The van der Waals surface area contributed by atoms with Crippen LogP contribution >= 0.6 is 0 Å². The zero-order valence-corrected chi connectivity index (χ0v) is 18.0. The summed E-state index contributed by atoms with van der Waals surface area (Å²) in [5, 5.41) is 5.53. The third-order valence-electron chi connectivity index (χ3n) is 5.49. The highest BCUT2D eigenvalue weighted by Gasteiger charge is 2.49. The Labute approximate surface area is 171 Å². The van der Waals surface area contributed by atoms with Crippen LogP contribution in [0.1, 0.15) is 43.4 Å². The fraction of sp³-hybridized carbons (Fsp3) is 0.524. The summed E-state index contributed by atoms with van der Waals surface area (Å²) >= 11 is 0. The maximum absolute atomic E-state index is 12.6. The molecule has 1 aliphatic heterocycles. The Balaban J connectivity index is 2.00. The first-order valence-electron chi connectivity index (χ1n) is 9.80. The average Bonchev–Trinajstić information content (AvgIpc) is 2.89. The van der Waals surface area contributed by atoms with Crippen molar-refractivity contribution in [3.8, 4) is 0 Å². The molecule has 0 atom stereocenters. The summed E-state index contributed by atoms with van der Waals surface area (Å²) in [5.74, 6) is -1.22. The van der Waals surface area contributed by atoms with Gasteiger partial charge in [-0.2, -0.15) is 0 Å². The smallest absolute Gasteiger partial charge is 0.325 e. The van der Waals surface area contributed by atoms with Crippen molar-refractivity contribution in [3.63, 3.8) is 0 Å². The number of aryl methyl sites for hydroxylation is 3. The Morgan fingerprint density at radius 1 is 1.10 bits per heavy atom. The lowest BCUT2D eigenvalue weighted by Gasteiger charge is -2.24. The van der Waals surface area contributed by atoms with Crippen LogP contribution in [0.4, 0.5) is 10.5 Å². The Bertz CT molecular complexity index is 822. The van der Waals surface area contributed by atoms with Gasteiger partial charge in [-0.15, -0.1) is 0 Å². The van der Waals surface area contributed by atoms with Crippen molar-refractivity contribution in [2.75, 3.05) is 25.5 Å². The summed E-state index contributed by atoms with van der Waals surface area (Å²) in [7, 11) is 1.47. The molecule has 1 aromatic carbocycles. The van der Waals surface area contributed by atoms with Crippen molar-refractivity contribution >= 4 is 29.4 Å². The number of anilines is 1. The number of nitrogens with zero attached hydrogens (tertiary/aromatic N) is 2. The minimum atomic E-state index is -0.951. The first-order valence-corrected chi connectivity index (χ1v) is 9.80. The van der Waals surface area contributed by atoms with Crippen LogP contribution in [0.5, 0.6) is 0 Å². The molecule has 158 valence electrons. The molecule has 0 saturated carbocycles. The second-order valence-electron chi connectivity index (χ2n) is 7.68. The summed E-state index contributed by atoms with van der Waals surface area (Å²) in [5.41, 5.74) is 2.77. The van der Waals surface area contributed by atoms with Crippen molar-refractivity contribution < 1.29 is 19.2 Å². The molecular formula is C21H30N4O4. The van der Waals surface area contributed by atoms with E-state index in [0.29, 0.717) is 12.8 Å². The Morgan fingerprint density at radius 3 is 2.14 bits per heavy atom. The molecule has 1 fully saturated rings. The fourth-order valence-electron chi connectivity index (χ4n) is 3.66. The van der Waals surface area contributed by atoms with Crippen LogP contribution in [0.15, 0.2) is 12.1 Å². The van der Waals surface area contributed by atoms with E-state index < -0.39 is 29.9 Å². The molecule has 8 nitrogen and oxygen atoms in total. The van der Waals surface area contributed by atoms with Crippen LogP contribution in [0, 0.1) is 20.8 Å². The van der Waals surface area contributed by atoms with Gasteiger partial charge in [0.25, 0.3) is 5.91 Å². The van der Waals surface area contributed by atoms with E-state index in [9.17, 15) is 19.2 Å². The lowest BCUT2D eigenvalue weighted by atomic mass is 9.93. The van der Waals surface area contributed by atoms with Gasteiger partial charge in [-0.05, 0) is 44.7 Å². The number of hydrogen-bond acceptors (Lipinski definition) is 4. The first-order chi connectivity index (χ1) is 13.5. The number of imide groups is 1. The van der Waals surface area contributed by atoms with Crippen LogP contribution in [0.2, 0.25) is 0 Å². The Hall–Kier alpha value is -2.90. The van der Waals surface area contributed by atoms with Crippen LogP contribution < -0.4 is 10.6 Å². The monoisotopic (exact) mass is 402 g/mol. The molecule has 29 heavy (non-hydrogen) atoms. The minimum absolute atomic E-state index is 0.179.